The summed E-state index contributed by atoms with van der Waals surface area (Å²) in [4.78, 5) is 11.5. The molecule has 3 heterocycles. The lowest BCUT2D eigenvalue weighted by atomic mass is 9.87. The highest BCUT2D eigenvalue weighted by Crippen LogP contribution is 2.38. The van der Waals surface area contributed by atoms with E-state index in [-0.39, 0.29) is 24.0 Å². The van der Waals surface area contributed by atoms with E-state index in [0.717, 1.165) is 56.8 Å². The van der Waals surface area contributed by atoms with Crippen LogP contribution in [0.5, 0.6) is 0 Å². The molecule has 1 atom stereocenters. The highest BCUT2D eigenvalue weighted by molar-refractivity contribution is 14.0. The predicted molar refractivity (Wildman–Crippen MR) is 101 cm³/mol. The van der Waals surface area contributed by atoms with Crippen LogP contribution in [0.3, 0.4) is 0 Å². The maximum Gasteiger partial charge on any atom is 0.193 e. The number of halogens is 1. The van der Waals surface area contributed by atoms with Gasteiger partial charge in [0.25, 0.3) is 0 Å². The minimum Gasteiger partial charge on any atom is -0.381 e. The Morgan fingerprint density at radius 1 is 1.55 bits per heavy atom. The van der Waals surface area contributed by atoms with Crippen molar-refractivity contribution in [2.45, 2.75) is 26.2 Å². The number of hydrogen-bond donors (Lipinski definition) is 1. The van der Waals surface area contributed by atoms with Crippen LogP contribution in [0, 0.1) is 5.41 Å². The fourth-order valence-electron chi connectivity index (χ4n) is 3.15. The lowest BCUT2D eigenvalue weighted by molar-refractivity contribution is 0.156. The van der Waals surface area contributed by atoms with Gasteiger partial charge in [0, 0.05) is 56.2 Å². The predicted octanol–water partition coefficient (Wildman–Crippen LogP) is 2.38. The Hall–Kier alpha value is -0.410. The lowest BCUT2D eigenvalue weighted by Crippen LogP contribution is -2.41. The molecule has 1 aromatic rings. The normalized spacial score (nSPS) is 24.8. The Bertz CT molecular complexity index is 474. The van der Waals surface area contributed by atoms with Crippen molar-refractivity contribution in [1.82, 2.24) is 15.2 Å². The third-order valence-electron chi connectivity index (χ3n) is 4.33. The molecule has 0 aromatic carbocycles. The second-order valence-corrected chi connectivity index (χ2v) is 6.86. The Morgan fingerprint density at radius 3 is 3.14 bits per heavy atom. The molecule has 0 saturated carbocycles. The van der Waals surface area contributed by atoms with Crippen molar-refractivity contribution in [3.05, 3.63) is 16.6 Å². The van der Waals surface area contributed by atoms with Gasteiger partial charge >= 0.3 is 0 Å². The maximum absolute atomic E-state index is 5.61. The zero-order valence-electron chi connectivity index (χ0n) is 13.1. The lowest BCUT2D eigenvalue weighted by Gasteiger charge is -2.24. The van der Waals surface area contributed by atoms with Crippen molar-refractivity contribution >= 4 is 41.3 Å². The van der Waals surface area contributed by atoms with Crippen LogP contribution in [0.4, 0.5) is 0 Å². The Morgan fingerprint density at radius 2 is 2.45 bits per heavy atom. The van der Waals surface area contributed by atoms with E-state index >= 15 is 0 Å². The molecule has 1 spiro atoms. The number of nitrogens with zero attached hydrogens (tertiary/aromatic N) is 3. The molecule has 1 unspecified atom stereocenters. The van der Waals surface area contributed by atoms with Crippen molar-refractivity contribution in [1.29, 1.82) is 0 Å². The second-order valence-electron chi connectivity index (χ2n) is 5.89. The molecular weight excluding hydrogens is 411 g/mol. The number of aliphatic imine (C=N–C) groups is 1. The highest BCUT2D eigenvalue weighted by atomic mass is 127. The number of guanidine groups is 1. The molecule has 7 heteroatoms. The molecule has 2 fully saturated rings. The number of thiazole rings is 1. The molecule has 0 bridgehead atoms. The minimum absolute atomic E-state index is 0. The summed E-state index contributed by atoms with van der Waals surface area (Å²) in [6.45, 7) is 7.85. The van der Waals surface area contributed by atoms with E-state index in [2.05, 4.69) is 22.1 Å². The van der Waals surface area contributed by atoms with Gasteiger partial charge in [-0.1, -0.05) is 0 Å². The van der Waals surface area contributed by atoms with Gasteiger partial charge in [0.2, 0.25) is 0 Å². The van der Waals surface area contributed by atoms with Gasteiger partial charge in [-0.25, -0.2) is 4.98 Å². The number of likely N-dealkylation sites (tertiary alicyclic amines) is 1. The first-order valence-corrected chi connectivity index (χ1v) is 8.69. The van der Waals surface area contributed by atoms with Crippen LogP contribution in [0.15, 0.2) is 16.6 Å². The monoisotopic (exact) mass is 436 g/mol. The summed E-state index contributed by atoms with van der Waals surface area (Å²) >= 11 is 1.70. The van der Waals surface area contributed by atoms with Gasteiger partial charge in [-0.2, -0.15) is 0 Å². The van der Waals surface area contributed by atoms with Crippen LogP contribution in [-0.4, -0.2) is 55.2 Å². The SMILES string of the molecule is CCNC(=NCCc1nccs1)N1CCC2(CCOC2)C1.I. The fourth-order valence-corrected chi connectivity index (χ4v) is 3.76. The molecule has 3 rings (SSSR count). The van der Waals surface area contributed by atoms with Gasteiger partial charge in [-0.05, 0) is 19.8 Å². The number of hydrogen-bond acceptors (Lipinski definition) is 4. The summed E-state index contributed by atoms with van der Waals surface area (Å²) in [6, 6.07) is 0. The topological polar surface area (TPSA) is 49.8 Å². The van der Waals surface area contributed by atoms with E-state index in [1.807, 2.05) is 11.6 Å². The third kappa shape index (κ3) is 4.32. The first-order valence-electron chi connectivity index (χ1n) is 7.81. The first kappa shape index (κ1) is 17.9. The number of rotatable bonds is 4. The van der Waals surface area contributed by atoms with Crippen molar-refractivity contribution in [2.24, 2.45) is 10.4 Å². The second kappa shape index (κ2) is 8.44. The fraction of sp³-hybridized carbons (Fsp3) is 0.733. The molecule has 0 aliphatic carbocycles. The number of nitrogens with one attached hydrogen (secondary N) is 1. The molecule has 5 nitrogen and oxygen atoms in total. The summed E-state index contributed by atoms with van der Waals surface area (Å²) in [7, 11) is 0. The van der Waals surface area contributed by atoms with Crippen LogP contribution < -0.4 is 5.32 Å². The van der Waals surface area contributed by atoms with E-state index in [1.54, 1.807) is 11.3 Å². The number of aromatic nitrogens is 1. The van der Waals surface area contributed by atoms with Crippen molar-refractivity contribution in [3.8, 4) is 0 Å². The highest BCUT2D eigenvalue weighted by Gasteiger charge is 2.42. The van der Waals surface area contributed by atoms with Crippen LogP contribution in [-0.2, 0) is 11.2 Å². The third-order valence-corrected chi connectivity index (χ3v) is 5.17. The molecule has 1 N–H and O–H groups in total. The summed E-state index contributed by atoms with van der Waals surface area (Å²) in [5.74, 6) is 1.05. The summed E-state index contributed by atoms with van der Waals surface area (Å²) < 4.78 is 5.61. The van der Waals surface area contributed by atoms with Gasteiger partial charge in [-0.3, -0.25) is 4.99 Å². The molecule has 22 heavy (non-hydrogen) atoms. The van der Waals surface area contributed by atoms with E-state index in [1.165, 1.54) is 12.8 Å². The van der Waals surface area contributed by atoms with Crippen LogP contribution in [0.1, 0.15) is 24.8 Å². The maximum atomic E-state index is 5.61. The zero-order chi connectivity index (χ0) is 14.5. The molecular formula is C15H25IN4OS. The number of ether oxygens (including phenoxy) is 1. The standard InChI is InChI=1S/C15H24N4OS.HI/c1-2-16-14(18-6-3-13-17-7-10-21-13)19-8-4-15(11-19)5-9-20-12-15;/h7,10H,2-6,8-9,11-12H2,1H3,(H,16,18);1H. The van der Waals surface area contributed by atoms with Gasteiger partial charge in [-0.15, -0.1) is 35.3 Å². The quantitative estimate of drug-likeness (QED) is 0.448. The minimum atomic E-state index is 0. The molecule has 0 radical (unpaired) electrons. The Labute approximate surface area is 153 Å². The van der Waals surface area contributed by atoms with Gasteiger partial charge < -0.3 is 15.0 Å². The first-order chi connectivity index (χ1) is 10.3. The summed E-state index contributed by atoms with van der Waals surface area (Å²) in [6.07, 6.45) is 5.21. The van der Waals surface area contributed by atoms with Crippen LogP contribution in [0.2, 0.25) is 0 Å². The van der Waals surface area contributed by atoms with E-state index in [0.29, 0.717) is 5.41 Å². The van der Waals surface area contributed by atoms with Crippen LogP contribution >= 0.6 is 35.3 Å². The van der Waals surface area contributed by atoms with Crippen LogP contribution in [0.25, 0.3) is 0 Å². The molecule has 0 amide bonds. The Kier molecular flexibility index (Phi) is 6.88. The average Bonchev–Trinajstić information content (AvgIpc) is 3.22. The molecule has 2 aliphatic heterocycles. The van der Waals surface area contributed by atoms with Gasteiger partial charge in [0.15, 0.2) is 5.96 Å². The smallest absolute Gasteiger partial charge is 0.193 e. The van der Waals surface area contributed by atoms with E-state index in [4.69, 9.17) is 9.73 Å². The van der Waals surface area contributed by atoms with E-state index in [9.17, 15) is 0 Å². The Balaban J connectivity index is 0.00000176. The van der Waals surface area contributed by atoms with Crippen molar-refractivity contribution in [3.63, 3.8) is 0 Å². The van der Waals surface area contributed by atoms with E-state index < -0.39 is 0 Å². The van der Waals surface area contributed by atoms with Crippen molar-refractivity contribution in [2.75, 3.05) is 39.4 Å². The molecule has 2 saturated heterocycles. The zero-order valence-corrected chi connectivity index (χ0v) is 16.2. The largest absolute Gasteiger partial charge is 0.381 e. The van der Waals surface area contributed by atoms with Gasteiger partial charge in [0.1, 0.15) is 0 Å². The molecule has 2 aliphatic rings. The van der Waals surface area contributed by atoms with Crippen molar-refractivity contribution < 1.29 is 4.74 Å². The average molecular weight is 436 g/mol. The molecule has 124 valence electrons. The summed E-state index contributed by atoms with van der Waals surface area (Å²) in [5.41, 5.74) is 0.380. The molecule has 1 aromatic heterocycles. The summed E-state index contributed by atoms with van der Waals surface area (Å²) in [5, 5.41) is 6.62. The van der Waals surface area contributed by atoms with Gasteiger partial charge in [0.05, 0.1) is 11.6 Å².